The fourth-order valence-electron chi connectivity index (χ4n) is 4.37. The van der Waals surface area contributed by atoms with Crippen LogP contribution in [-0.2, 0) is 35.6 Å². The summed E-state index contributed by atoms with van der Waals surface area (Å²) >= 11 is 0. The second kappa shape index (κ2) is 10.1. The Bertz CT molecular complexity index is 966. The Kier molecular flexibility index (Phi) is 7.04. The monoisotopic (exact) mass is 425 g/mol. The number of fused-ring (bicyclic) bond motifs is 1. The highest BCUT2D eigenvalue weighted by atomic mass is 16.5. The normalized spacial score (nSPS) is 17.2. The minimum atomic E-state index is -0.159. The van der Waals surface area contributed by atoms with Crippen molar-refractivity contribution in [3.63, 3.8) is 0 Å². The molecule has 1 saturated heterocycles. The highest BCUT2D eigenvalue weighted by molar-refractivity contribution is 5.75. The first-order valence-corrected chi connectivity index (χ1v) is 11.0. The van der Waals surface area contributed by atoms with Gasteiger partial charge in [0.15, 0.2) is 5.75 Å². The number of aromatic nitrogens is 1. The number of pyridine rings is 1. The lowest BCUT2D eigenvalue weighted by Gasteiger charge is -2.29. The SMILES string of the molecule is COc1cn(CC(=O)NCC2CCOCC2)c(CN2CCc3ccccc3C2)cc1=O. The molecule has 7 heteroatoms. The molecule has 0 bridgehead atoms. The maximum Gasteiger partial charge on any atom is 0.239 e. The van der Waals surface area contributed by atoms with Gasteiger partial charge in [0.25, 0.3) is 0 Å². The van der Waals surface area contributed by atoms with Crippen molar-refractivity contribution in [3.05, 3.63) is 63.6 Å². The van der Waals surface area contributed by atoms with Crippen molar-refractivity contribution in [2.45, 2.75) is 38.9 Å². The maximum atomic E-state index is 12.7. The minimum absolute atomic E-state index is 0.0533. The van der Waals surface area contributed by atoms with E-state index >= 15 is 0 Å². The van der Waals surface area contributed by atoms with Crippen molar-refractivity contribution in [3.8, 4) is 5.75 Å². The lowest BCUT2D eigenvalue weighted by atomic mass is 10.00. The van der Waals surface area contributed by atoms with E-state index < -0.39 is 0 Å². The molecule has 3 heterocycles. The lowest BCUT2D eigenvalue weighted by molar-refractivity contribution is -0.122. The summed E-state index contributed by atoms with van der Waals surface area (Å²) in [6.07, 6.45) is 4.60. The Labute approximate surface area is 183 Å². The van der Waals surface area contributed by atoms with E-state index in [4.69, 9.17) is 9.47 Å². The zero-order valence-corrected chi connectivity index (χ0v) is 18.1. The molecule has 1 N–H and O–H groups in total. The summed E-state index contributed by atoms with van der Waals surface area (Å²) < 4.78 is 12.5. The van der Waals surface area contributed by atoms with E-state index in [-0.39, 0.29) is 23.6 Å². The third-order valence-electron chi connectivity index (χ3n) is 6.24. The Morgan fingerprint density at radius 1 is 1.23 bits per heavy atom. The number of carbonyl (C=O) groups excluding carboxylic acids is 1. The number of nitrogens with one attached hydrogen (secondary N) is 1. The van der Waals surface area contributed by atoms with Crippen LogP contribution in [0.3, 0.4) is 0 Å². The molecule has 0 aliphatic carbocycles. The topological polar surface area (TPSA) is 72.8 Å². The van der Waals surface area contributed by atoms with Crippen molar-refractivity contribution in [1.82, 2.24) is 14.8 Å². The van der Waals surface area contributed by atoms with Crippen LogP contribution in [0.2, 0.25) is 0 Å². The molecule has 31 heavy (non-hydrogen) atoms. The van der Waals surface area contributed by atoms with Gasteiger partial charge in [-0.3, -0.25) is 14.5 Å². The Morgan fingerprint density at radius 2 is 2.00 bits per heavy atom. The van der Waals surface area contributed by atoms with Gasteiger partial charge in [-0.2, -0.15) is 0 Å². The van der Waals surface area contributed by atoms with Gasteiger partial charge in [0.2, 0.25) is 11.3 Å². The summed E-state index contributed by atoms with van der Waals surface area (Å²) in [6, 6.07) is 10.1. The number of hydrogen-bond acceptors (Lipinski definition) is 5. The summed E-state index contributed by atoms with van der Waals surface area (Å²) in [5.74, 6) is 0.668. The molecule has 1 amide bonds. The minimum Gasteiger partial charge on any atom is -0.491 e. The Hall–Kier alpha value is -2.64. The second-order valence-corrected chi connectivity index (χ2v) is 8.41. The van der Waals surface area contributed by atoms with Crippen LogP contribution in [0.15, 0.2) is 41.3 Å². The van der Waals surface area contributed by atoms with Gasteiger partial charge in [-0.1, -0.05) is 24.3 Å². The average molecular weight is 426 g/mol. The van der Waals surface area contributed by atoms with Gasteiger partial charge in [-0.25, -0.2) is 0 Å². The van der Waals surface area contributed by atoms with E-state index in [0.717, 1.165) is 51.3 Å². The number of ether oxygens (including phenoxy) is 2. The lowest BCUT2D eigenvalue weighted by Crippen LogP contribution is -2.36. The predicted octanol–water partition coefficient (Wildman–Crippen LogP) is 1.96. The van der Waals surface area contributed by atoms with Gasteiger partial charge >= 0.3 is 0 Å². The van der Waals surface area contributed by atoms with Gasteiger partial charge in [-0.05, 0) is 36.3 Å². The molecule has 2 aromatic rings. The molecule has 0 unspecified atom stereocenters. The van der Waals surface area contributed by atoms with Gasteiger partial charge in [0.05, 0.1) is 13.3 Å². The molecule has 0 atom stereocenters. The van der Waals surface area contributed by atoms with E-state index in [0.29, 0.717) is 19.0 Å². The van der Waals surface area contributed by atoms with E-state index in [1.807, 2.05) is 4.57 Å². The Morgan fingerprint density at radius 3 is 2.77 bits per heavy atom. The number of benzene rings is 1. The van der Waals surface area contributed by atoms with Crippen molar-refractivity contribution in [1.29, 1.82) is 0 Å². The van der Waals surface area contributed by atoms with Crippen LogP contribution in [0, 0.1) is 5.92 Å². The quantitative estimate of drug-likeness (QED) is 0.734. The summed E-state index contributed by atoms with van der Waals surface area (Å²) in [7, 11) is 1.48. The number of amides is 1. The largest absolute Gasteiger partial charge is 0.491 e. The first kappa shape index (κ1) is 21.6. The third kappa shape index (κ3) is 5.54. The second-order valence-electron chi connectivity index (χ2n) is 8.41. The predicted molar refractivity (Wildman–Crippen MR) is 118 cm³/mol. The number of rotatable bonds is 7. The standard InChI is InChI=1S/C24H31N3O4/c1-30-23-16-27(17-24(29)25-13-18-7-10-31-11-8-18)21(12-22(23)28)15-26-9-6-19-4-2-3-5-20(19)14-26/h2-5,12,16,18H,6-11,13-15,17H2,1H3,(H,25,29). The smallest absolute Gasteiger partial charge is 0.239 e. The van der Waals surface area contributed by atoms with Crippen LogP contribution in [-0.4, -0.2) is 48.8 Å². The van der Waals surface area contributed by atoms with Crippen LogP contribution in [0.5, 0.6) is 5.75 Å². The van der Waals surface area contributed by atoms with Crippen LogP contribution in [0.25, 0.3) is 0 Å². The van der Waals surface area contributed by atoms with Crippen molar-refractivity contribution >= 4 is 5.91 Å². The average Bonchev–Trinajstić information content (AvgIpc) is 2.80. The first-order chi connectivity index (χ1) is 15.1. The third-order valence-corrected chi connectivity index (χ3v) is 6.24. The molecule has 0 spiro atoms. The summed E-state index contributed by atoms with van der Waals surface area (Å²) in [5.41, 5.74) is 3.38. The van der Waals surface area contributed by atoms with E-state index in [1.165, 1.54) is 18.2 Å². The highest BCUT2D eigenvalue weighted by Gasteiger charge is 2.19. The summed E-state index contributed by atoms with van der Waals surface area (Å²) in [4.78, 5) is 27.4. The highest BCUT2D eigenvalue weighted by Crippen LogP contribution is 2.20. The number of methoxy groups -OCH3 is 1. The van der Waals surface area contributed by atoms with Gasteiger partial charge < -0.3 is 19.4 Å². The number of hydrogen-bond donors (Lipinski definition) is 1. The summed E-state index contributed by atoms with van der Waals surface area (Å²) in [5, 5.41) is 3.05. The molecule has 166 valence electrons. The molecule has 2 aliphatic heterocycles. The van der Waals surface area contributed by atoms with Gasteiger partial charge in [0.1, 0.15) is 6.54 Å². The fraction of sp³-hybridized carbons (Fsp3) is 0.500. The van der Waals surface area contributed by atoms with Crippen molar-refractivity contribution < 1.29 is 14.3 Å². The van der Waals surface area contributed by atoms with Crippen LogP contribution in [0.4, 0.5) is 0 Å². The molecule has 1 aromatic heterocycles. The molecule has 0 saturated carbocycles. The maximum absolute atomic E-state index is 12.7. The molecular weight excluding hydrogens is 394 g/mol. The van der Waals surface area contributed by atoms with Crippen LogP contribution >= 0.6 is 0 Å². The zero-order chi connectivity index (χ0) is 21.6. The molecule has 1 aromatic carbocycles. The van der Waals surface area contributed by atoms with Crippen molar-refractivity contribution in [2.75, 3.05) is 33.4 Å². The van der Waals surface area contributed by atoms with Crippen LogP contribution in [0.1, 0.15) is 29.7 Å². The fourth-order valence-corrected chi connectivity index (χ4v) is 4.37. The van der Waals surface area contributed by atoms with E-state index in [1.54, 1.807) is 12.3 Å². The zero-order valence-electron chi connectivity index (χ0n) is 18.1. The van der Waals surface area contributed by atoms with E-state index in [9.17, 15) is 9.59 Å². The van der Waals surface area contributed by atoms with Crippen LogP contribution < -0.4 is 15.5 Å². The number of carbonyl (C=O) groups is 1. The molecule has 1 fully saturated rings. The first-order valence-electron chi connectivity index (χ1n) is 11.0. The summed E-state index contributed by atoms with van der Waals surface area (Å²) in [6.45, 7) is 4.73. The van der Waals surface area contributed by atoms with Gasteiger partial charge in [0, 0.05) is 51.2 Å². The van der Waals surface area contributed by atoms with E-state index in [2.05, 4.69) is 34.5 Å². The molecule has 7 nitrogen and oxygen atoms in total. The molecular formula is C24H31N3O4. The van der Waals surface area contributed by atoms with Gasteiger partial charge in [-0.15, -0.1) is 0 Å². The van der Waals surface area contributed by atoms with Crippen molar-refractivity contribution in [2.24, 2.45) is 5.92 Å². The molecule has 4 rings (SSSR count). The number of nitrogens with zero attached hydrogens (tertiary/aromatic N) is 2. The molecule has 0 radical (unpaired) electrons. The Balaban J connectivity index is 1.45. The molecule has 2 aliphatic rings.